The maximum atomic E-state index is 13.4. The maximum Gasteiger partial charge on any atom is 0.251 e. The summed E-state index contributed by atoms with van der Waals surface area (Å²) < 4.78 is 18.9. The minimum Gasteiger partial charge on any atom is -0.493 e. The first-order valence-corrected chi connectivity index (χ1v) is 7.00. The first-order chi connectivity index (χ1) is 10.1. The van der Waals surface area contributed by atoms with E-state index in [0.717, 1.165) is 0 Å². The summed E-state index contributed by atoms with van der Waals surface area (Å²) in [6, 6.07) is 10.7. The number of hydrogen-bond donors (Lipinski definition) is 1. The van der Waals surface area contributed by atoms with Gasteiger partial charge in [-0.1, -0.05) is 11.6 Å². The molecule has 1 amide bonds. The molecular weight excluding hydrogens is 293 g/mol. The highest BCUT2D eigenvalue weighted by Gasteiger charge is 2.24. The first-order valence-electron chi connectivity index (χ1n) is 6.62. The molecule has 3 nitrogen and oxygen atoms in total. The fourth-order valence-electron chi connectivity index (χ4n) is 2.36. The van der Waals surface area contributed by atoms with Crippen molar-refractivity contribution in [2.75, 3.05) is 6.61 Å². The lowest BCUT2D eigenvalue weighted by atomic mass is 10.00. The zero-order chi connectivity index (χ0) is 14.8. The fourth-order valence-corrected chi connectivity index (χ4v) is 2.48. The Balaban J connectivity index is 1.81. The number of amides is 1. The van der Waals surface area contributed by atoms with Gasteiger partial charge in [-0.05, 0) is 42.5 Å². The largest absolute Gasteiger partial charge is 0.493 e. The van der Waals surface area contributed by atoms with Gasteiger partial charge in [-0.25, -0.2) is 4.39 Å². The standard InChI is InChI=1S/C16H13ClFNO2/c17-11-3-1-10(2-4-11)16(20)19-14-7-8-21-15-6-5-12(18)9-13(14)15/h1-6,9,14H,7-8H2,(H,19,20). The fraction of sp³-hybridized carbons (Fsp3) is 0.188. The molecule has 3 rings (SSSR count). The van der Waals surface area contributed by atoms with Gasteiger partial charge in [0.1, 0.15) is 11.6 Å². The van der Waals surface area contributed by atoms with E-state index in [9.17, 15) is 9.18 Å². The van der Waals surface area contributed by atoms with Crippen LogP contribution >= 0.6 is 11.6 Å². The molecular formula is C16H13ClFNO2. The summed E-state index contributed by atoms with van der Waals surface area (Å²) in [6.07, 6.45) is 0.607. The van der Waals surface area contributed by atoms with E-state index in [1.165, 1.54) is 12.1 Å². The van der Waals surface area contributed by atoms with E-state index in [1.807, 2.05) is 0 Å². The van der Waals surface area contributed by atoms with Crippen molar-refractivity contribution < 1.29 is 13.9 Å². The van der Waals surface area contributed by atoms with Gasteiger partial charge in [0.2, 0.25) is 0 Å². The van der Waals surface area contributed by atoms with Crippen LogP contribution in [0.4, 0.5) is 4.39 Å². The van der Waals surface area contributed by atoms with E-state index >= 15 is 0 Å². The molecule has 108 valence electrons. The Bertz CT molecular complexity index is 672. The molecule has 5 heteroatoms. The summed E-state index contributed by atoms with van der Waals surface area (Å²) in [5, 5.41) is 3.48. The lowest BCUT2D eigenvalue weighted by molar-refractivity contribution is 0.0924. The Hall–Kier alpha value is -2.07. The Labute approximate surface area is 126 Å². The number of fused-ring (bicyclic) bond motifs is 1. The van der Waals surface area contributed by atoms with Crippen LogP contribution in [0.15, 0.2) is 42.5 Å². The second kappa shape index (κ2) is 5.74. The molecule has 2 aromatic carbocycles. The molecule has 0 aliphatic carbocycles. The SMILES string of the molecule is O=C(NC1CCOc2ccc(F)cc21)c1ccc(Cl)cc1. The van der Waals surface area contributed by atoms with Gasteiger partial charge in [0.25, 0.3) is 5.91 Å². The zero-order valence-corrected chi connectivity index (χ0v) is 11.9. The van der Waals surface area contributed by atoms with Crippen LogP contribution in [0.25, 0.3) is 0 Å². The molecule has 0 aromatic heterocycles. The number of ether oxygens (including phenoxy) is 1. The molecule has 1 heterocycles. The van der Waals surface area contributed by atoms with Crippen molar-refractivity contribution >= 4 is 17.5 Å². The molecule has 0 spiro atoms. The van der Waals surface area contributed by atoms with Crippen LogP contribution in [0.5, 0.6) is 5.75 Å². The van der Waals surface area contributed by atoms with E-state index in [4.69, 9.17) is 16.3 Å². The van der Waals surface area contributed by atoms with Crippen molar-refractivity contribution in [3.8, 4) is 5.75 Å². The molecule has 0 saturated carbocycles. The average molecular weight is 306 g/mol. The molecule has 0 bridgehead atoms. The third kappa shape index (κ3) is 3.00. The van der Waals surface area contributed by atoms with Crippen LogP contribution in [0.3, 0.4) is 0 Å². The molecule has 0 radical (unpaired) electrons. The van der Waals surface area contributed by atoms with Gasteiger partial charge in [-0.2, -0.15) is 0 Å². The van der Waals surface area contributed by atoms with Crippen LogP contribution in [0.1, 0.15) is 28.4 Å². The molecule has 1 aliphatic rings. The van der Waals surface area contributed by atoms with E-state index in [0.29, 0.717) is 34.9 Å². The van der Waals surface area contributed by atoms with Crippen LogP contribution in [-0.2, 0) is 0 Å². The van der Waals surface area contributed by atoms with Gasteiger partial charge in [0.05, 0.1) is 12.6 Å². The normalized spacial score (nSPS) is 16.8. The topological polar surface area (TPSA) is 38.3 Å². The van der Waals surface area contributed by atoms with Crippen LogP contribution in [0, 0.1) is 5.82 Å². The third-order valence-corrected chi connectivity index (χ3v) is 3.68. The molecule has 1 unspecified atom stereocenters. The summed E-state index contributed by atoms with van der Waals surface area (Å²) >= 11 is 5.80. The van der Waals surface area contributed by atoms with Gasteiger partial charge in [0.15, 0.2) is 0 Å². The van der Waals surface area contributed by atoms with Gasteiger partial charge in [-0.3, -0.25) is 4.79 Å². The summed E-state index contributed by atoms with van der Waals surface area (Å²) in [4.78, 5) is 12.2. The Morgan fingerprint density at radius 2 is 2.00 bits per heavy atom. The summed E-state index contributed by atoms with van der Waals surface area (Å²) in [5.74, 6) is 0.0582. The predicted molar refractivity (Wildman–Crippen MR) is 78.2 cm³/mol. The van der Waals surface area contributed by atoms with Crippen LogP contribution in [-0.4, -0.2) is 12.5 Å². The lowest BCUT2D eigenvalue weighted by Crippen LogP contribution is -2.32. The predicted octanol–water partition coefficient (Wildman–Crippen LogP) is 3.73. The molecule has 2 aromatic rings. The Morgan fingerprint density at radius 1 is 1.24 bits per heavy atom. The average Bonchev–Trinajstić information content (AvgIpc) is 2.48. The van der Waals surface area contributed by atoms with Crippen LogP contribution < -0.4 is 10.1 Å². The van der Waals surface area contributed by atoms with E-state index in [2.05, 4.69) is 5.32 Å². The van der Waals surface area contributed by atoms with E-state index in [-0.39, 0.29) is 17.8 Å². The van der Waals surface area contributed by atoms with Crippen molar-refractivity contribution in [3.63, 3.8) is 0 Å². The van der Waals surface area contributed by atoms with Crippen molar-refractivity contribution in [3.05, 3.63) is 64.4 Å². The molecule has 21 heavy (non-hydrogen) atoms. The lowest BCUT2D eigenvalue weighted by Gasteiger charge is -2.26. The quantitative estimate of drug-likeness (QED) is 0.918. The Morgan fingerprint density at radius 3 is 2.76 bits per heavy atom. The first kappa shape index (κ1) is 13.9. The summed E-state index contributed by atoms with van der Waals surface area (Å²) in [6.45, 7) is 0.490. The maximum absolute atomic E-state index is 13.4. The summed E-state index contributed by atoms with van der Waals surface area (Å²) in [5.41, 5.74) is 1.19. The third-order valence-electron chi connectivity index (χ3n) is 3.42. The number of rotatable bonds is 2. The molecule has 0 saturated heterocycles. The van der Waals surface area contributed by atoms with Gasteiger partial charge < -0.3 is 10.1 Å². The highest BCUT2D eigenvalue weighted by Crippen LogP contribution is 2.32. The van der Waals surface area contributed by atoms with Crippen LogP contribution in [0.2, 0.25) is 5.02 Å². The number of carbonyl (C=O) groups is 1. The molecule has 1 aliphatic heterocycles. The highest BCUT2D eigenvalue weighted by atomic mass is 35.5. The molecule has 0 fully saturated rings. The number of carbonyl (C=O) groups excluding carboxylic acids is 1. The Kier molecular flexibility index (Phi) is 3.80. The smallest absolute Gasteiger partial charge is 0.251 e. The minimum absolute atomic E-state index is 0.214. The molecule has 1 N–H and O–H groups in total. The highest BCUT2D eigenvalue weighted by molar-refractivity contribution is 6.30. The number of benzene rings is 2. The second-order valence-electron chi connectivity index (χ2n) is 4.85. The number of hydrogen-bond acceptors (Lipinski definition) is 2. The molecule has 1 atom stereocenters. The van der Waals surface area contributed by atoms with E-state index < -0.39 is 0 Å². The zero-order valence-electron chi connectivity index (χ0n) is 11.1. The van der Waals surface area contributed by atoms with Crippen molar-refractivity contribution in [2.45, 2.75) is 12.5 Å². The number of nitrogens with one attached hydrogen (secondary N) is 1. The van der Waals surface area contributed by atoms with Crippen molar-refractivity contribution in [1.82, 2.24) is 5.32 Å². The monoisotopic (exact) mass is 305 g/mol. The van der Waals surface area contributed by atoms with E-state index in [1.54, 1.807) is 30.3 Å². The second-order valence-corrected chi connectivity index (χ2v) is 5.29. The van der Waals surface area contributed by atoms with Gasteiger partial charge in [0, 0.05) is 22.6 Å². The van der Waals surface area contributed by atoms with Crippen molar-refractivity contribution in [1.29, 1.82) is 0 Å². The summed E-state index contributed by atoms with van der Waals surface area (Å²) in [7, 11) is 0. The number of halogens is 2. The minimum atomic E-state index is -0.343. The van der Waals surface area contributed by atoms with Crippen molar-refractivity contribution in [2.24, 2.45) is 0 Å². The van der Waals surface area contributed by atoms with Gasteiger partial charge >= 0.3 is 0 Å². The van der Waals surface area contributed by atoms with Gasteiger partial charge in [-0.15, -0.1) is 0 Å².